The molecule has 1 aliphatic rings. The van der Waals surface area contributed by atoms with Crippen molar-refractivity contribution in [3.05, 3.63) is 35.9 Å². The van der Waals surface area contributed by atoms with Crippen LogP contribution in [0.15, 0.2) is 30.3 Å². The predicted octanol–water partition coefficient (Wildman–Crippen LogP) is 3.99. The Kier molecular flexibility index (Phi) is 3.88. The standard InChI is InChI=1S/C16H25N/c1-13-11-16(2,3)10-9-15(13)17-12-14-7-5-4-6-8-14/h4-8,13,15,17H,9-12H2,1-3H3. The molecule has 0 spiro atoms. The lowest BCUT2D eigenvalue weighted by Crippen LogP contribution is -2.41. The van der Waals surface area contributed by atoms with Gasteiger partial charge in [-0.3, -0.25) is 0 Å². The number of rotatable bonds is 3. The van der Waals surface area contributed by atoms with Gasteiger partial charge in [0.05, 0.1) is 0 Å². The van der Waals surface area contributed by atoms with Crippen LogP contribution in [0, 0.1) is 11.3 Å². The molecule has 1 nitrogen and oxygen atoms in total. The summed E-state index contributed by atoms with van der Waals surface area (Å²) in [4.78, 5) is 0. The van der Waals surface area contributed by atoms with Crippen molar-refractivity contribution in [2.75, 3.05) is 0 Å². The van der Waals surface area contributed by atoms with E-state index in [-0.39, 0.29) is 0 Å². The van der Waals surface area contributed by atoms with E-state index in [0.717, 1.165) is 12.5 Å². The fraction of sp³-hybridized carbons (Fsp3) is 0.625. The molecule has 2 atom stereocenters. The first-order valence-electron chi connectivity index (χ1n) is 6.84. The predicted molar refractivity (Wildman–Crippen MR) is 73.9 cm³/mol. The Balaban J connectivity index is 1.84. The monoisotopic (exact) mass is 231 g/mol. The van der Waals surface area contributed by atoms with Crippen LogP contribution in [0.3, 0.4) is 0 Å². The van der Waals surface area contributed by atoms with E-state index in [1.807, 2.05) is 0 Å². The van der Waals surface area contributed by atoms with E-state index in [1.54, 1.807) is 0 Å². The summed E-state index contributed by atoms with van der Waals surface area (Å²) in [5.74, 6) is 0.794. The van der Waals surface area contributed by atoms with Crippen LogP contribution in [-0.2, 0) is 6.54 Å². The van der Waals surface area contributed by atoms with Crippen LogP contribution in [0.25, 0.3) is 0 Å². The summed E-state index contributed by atoms with van der Waals surface area (Å²) < 4.78 is 0. The zero-order valence-corrected chi connectivity index (χ0v) is 11.4. The quantitative estimate of drug-likeness (QED) is 0.829. The van der Waals surface area contributed by atoms with Gasteiger partial charge >= 0.3 is 0 Å². The maximum Gasteiger partial charge on any atom is 0.0208 e. The van der Waals surface area contributed by atoms with E-state index >= 15 is 0 Å². The first-order chi connectivity index (χ1) is 8.07. The van der Waals surface area contributed by atoms with E-state index in [4.69, 9.17) is 0 Å². The molecule has 0 saturated heterocycles. The molecule has 0 bridgehead atoms. The molecule has 0 aromatic heterocycles. The van der Waals surface area contributed by atoms with Crippen LogP contribution < -0.4 is 5.32 Å². The second-order valence-corrected chi connectivity index (χ2v) is 6.36. The van der Waals surface area contributed by atoms with Gasteiger partial charge in [-0.05, 0) is 36.2 Å². The van der Waals surface area contributed by atoms with Crippen molar-refractivity contribution in [3.63, 3.8) is 0 Å². The molecular weight excluding hydrogens is 206 g/mol. The minimum atomic E-state index is 0.546. The van der Waals surface area contributed by atoms with Gasteiger partial charge in [0.15, 0.2) is 0 Å². The molecule has 2 rings (SSSR count). The lowest BCUT2D eigenvalue weighted by Gasteiger charge is -2.39. The zero-order chi connectivity index (χ0) is 12.3. The van der Waals surface area contributed by atoms with Gasteiger partial charge in [0.1, 0.15) is 0 Å². The summed E-state index contributed by atoms with van der Waals surface area (Å²) in [6.45, 7) is 8.20. The minimum Gasteiger partial charge on any atom is -0.310 e. The Morgan fingerprint density at radius 3 is 2.59 bits per heavy atom. The molecule has 1 aliphatic carbocycles. The highest BCUT2D eigenvalue weighted by molar-refractivity contribution is 5.14. The second kappa shape index (κ2) is 5.22. The van der Waals surface area contributed by atoms with Gasteiger partial charge in [0, 0.05) is 12.6 Å². The topological polar surface area (TPSA) is 12.0 Å². The molecule has 0 heterocycles. The maximum atomic E-state index is 3.73. The molecule has 94 valence electrons. The molecular formula is C16H25N. The van der Waals surface area contributed by atoms with Crippen molar-refractivity contribution in [2.24, 2.45) is 11.3 Å². The summed E-state index contributed by atoms with van der Waals surface area (Å²) in [6, 6.07) is 11.4. The van der Waals surface area contributed by atoms with Crippen molar-refractivity contribution in [1.29, 1.82) is 0 Å². The van der Waals surface area contributed by atoms with E-state index in [2.05, 4.69) is 56.4 Å². The summed E-state index contributed by atoms with van der Waals surface area (Å²) in [6.07, 6.45) is 4.02. The van der Waals surface area contributed by atoms with Crippen LogP contribution >= 0.6 is 0 Å². The van der Waals surface area contributed by atoms with Crippen molar-refractivity contribution in [3.8, 4) is 0 Å². The Bertz CT molecular complexity index is 342. The van der Waals surface area contributed by atoms with Crippen LogP contribution in [0.2, 0.25) is 0 Å². The van der Waals surface area contributed by atoms with E-state index in [9.17, 15) is 0 Å². The van der Waals surface area contributed by atoms with Gasteiger partial charge in [-0.15, -0.1) is 0 Å². The highest BCUT2D eigenvalue weighted by Gasteiger charge is 2.31. The number of hydrogen-bond donors (Lipinski definition) is 1. The Morgan fingerprint density at radius 1 is 1.24 bits per heavy atom. The average Bonchev–Trinajstić information content (AvgIpc) is 2.28. The smallest absolute Gasteiger partial charge is 0.0208 e. The third kappa shape index (κ3) is 3.57. The highest BCUT2D eigenvalue weighted by Crippen LogP contribution is 2.38. The number of nitrogens with one attached hydrogen (secondary N) is 1. The van der Waals surface area contributed by atoms with Gasteiger partial charge in [0.25, 0.3) is 0 Å². The summed E-state index contributed by atoms with van der Waals surface area (Å²) in [7, 11) is 0. The Morgan fingerprint density at radius 2 is 1.94 bits per heavy atom. The molecule has 17 heavy (non-hydrogen) atoms. The Hall–Kier alpha value is -0.820. The van der Waals surface area contributed by atoms with E-state index < -0.39 is 0 Å². The number of hydrogen-bond acceptors (Lipinski definition) is 1. The van der Waals surface area contributed by atoms with Gasteiger partial charge in [-0.25, -0.2) is 0 Å². The molecule has 1 N–H and O–H groups in total. The second-order valence-electron chi connectivity index (χ2n) is 6.36. The van der Waals surface area contributed by atoms with Gasteiger partial charge in [-0.1, -0.05) is 51.1 Å². The fourth-order valence-corrected chi connectivity index (χ4v) is 3.09. The normalized spacial score (nSPS) is 27.9. The molecule has 1 fully saturated rings. The largest absolute Gasteiger partial charge is 0.310 e. The fourth-order valence-electron chi connectivity index (χ4n) is 3.09. The molecule has 2 unspecified atom stereocenters. The van der Waals surface area contributed by atoms with Gasteiger partial charge in [-0.2, -0.15) is 0 Å². The van der Waals surface area contributed by atoms with Crippen LogP contribution in [0.5, 0.6) is 0 Å². The van der Waals surface area contributed by atoms with Crippen molar-refractivity contribution in [1.82, 2.24) is 5.32 Å². The zero-order valence-electron chi connectivity index (χ0n) is 11.4. The minimum absolute atomic E-state index is 0.546. The third-order valence-electron chi connectivity index (χ3n) is 4.10. The molecule has 1 aromatic rings. The lowest BCUT2D eigenvalue weighted by atomic mass is 9.70. The summed E-state index contributed by atoms with van der Waals surface area (Å²) in [5, 5.41) is 3.73. The molecule has 1 saturated carbocycles. The lowest BCUT2D eigenvalue weighted by molar-refractivity contribution is 0.148. The third-order valence-corrected chi connectivity index (χ3v) is 4.10. The van der Waals surface area contributed by atoms with Crippen LogP contribution in [0.1, 0.15) is 45.6 Å². The molecule has 0 radical (unpaired) electrons. The van der Waals surface area contributed by atoms with E-state index in [0.29, 0.717) is 11.5 Å². The number of benzene rings is 1. The summed E-state index contributed by atoms with van der Waals surface area (Å²) in [5.41, 5.74) is 1.94. The molecule has 0 amide bonds. The van der Waals surface area contributed by atoms with Crippen LogP contribution in [0.4, 0.5) is 0 Å². The maximum absolute atomic E-state index is 3.73. The Labute approximate surface area is 106 Å². The average molecular weight is 231 g/mol. The molecule has 1 aromatic carbocycles. The van der Waals surface area contributed by atoms with Crippen LogP contribution in [-0.4, -0.2) is 6.04 Å². The van der Waals surface area contributed by atoms with Crippen molar-refractivity contribution in [2.45, 2.75) is 52.6 Å². The molecule has 0 aliphatic heterocycles. The van der Waals surface area contributed by atoms with Crippen molar-refractivity contribution < 1.29 is 0 Å². The summed E-state index contributed by atoms with van der Waals surface area (Å²) >= 11 is 0. The van der Waals surface area contributed by atoms with Crippen molar-refractivity contribution >= 4 is 0 Å². The first kappa shape index (κ1) is 12.6. The van der Waals surface area contributed by atoms with Gasteiger partial charge < -0.3 is 5.32 Å². The highest BCUT2D eigenvalue weighted by atomic mass is 14.9. The van der Waals surface area contributed by atoms with Gasteiger partial charge in [0.2, 0.25) is 0 Å². The first-order valence-corrected chi connectivity index (χ1v) is 6.84. The van der Waals surface area contributed by atoms with E-state index in [1.165, 1.54) is 24.8 Å². The SMILES string of the molecule is CC1CC(C)(C)CCC1NCc1ccccc1. The molecule has 1 heteroatoms.